The lowest BCUT2D eigenvalue weighted by molar-refractivity contribution is 0.460. The van der Waals surface area contributed by atoms with Crippen molar-refractivity contribution in [1.29, 1.82) is 0 Å². The summed E-state index contributed by atoms with van der Waals surface area (Å²) in [5, 5.41) is 3.70. The average molecular weight is 263 g/mol. The molecule has 1 unspecified atom stereocenters. The lowest BCUT2D eigenvalue weighted by Gasteiger charge is -2.23. The zero-order chi connectivity index (χ0) is 13.0. The van der Waals surface area contributed by atoms with Gasteiger partial charge < -0.3 is 5.32 Å². The van der Waals surface area contributed by atoms with Crippen LogP contribution in [0, 0.1) is 5.92 Å². The second-order valence-electron chi connectivity index (χ2n) is 5.78. The number of hydrogen-bond acceptors (Lipinski definition) is 2. The number of rotatable bonds is 7. The molecule has 1 nitrogen and oxygen atoms in total. The molecule has 2 heteroatoms. The van der Waals surface area contributed by atoms with Gasteiger partial charge in [0.1, 0.15) is 0 Å². The van der Waals surface area contributed by atoms with Crippen molar-refractivity contribution in [3.63, 3.8) is 0 Å². The summed E-state index contributed by atoms with van der Waals surface area (Å²) in [7, 11) is 0. The maximum Gasteiger partial charge on any atom is 0.0282 e. The minimum Gasteiger partial charge on any atom is -0.315 e. The van der Waals surface area contributed by atoms with Crippen LogP contribution >= 0.6 is 11.8 Å². The molecule has 0 saturated heterocycles. The minimum atomic E-state index is 0.568. The van der Waals surface area contributed by atoms with Crippen LogP contribution in [0.15, 0.2) is 30.3 Å². The molecule has 100 valence electrons. The number of thioether (sulfide) groups is 1. The first-order valence-electron chi connectivity index (χ1n) is 6.98. The molecule has 0 aliphatic heterocycles. The van der Waals surface area contributed by atoms with Gasteiger partial charge in [-0.25, -0.2) is 0 Å². The Hall–Kier alpha value is -0.470. The number of hydrogen-bond donors (Lipinski definition) is 1. The third-order valence-electron chi connectivity index (χ3n) is 4.08. The van der Waals surface area contributed by atoms with Gasteiger partial charge in [0, 0.05) is 17.8 Å². The molecule has 0 heterocycles. The summed E-state index contributed by atoms with van der Waals surface area (Å²) in [6.07, 6.45) is 5.02. The highest BCUT2D eigenvalue weighted by atomic mass is 32.2. The first-order chi connectivity index (χ1) is 8.67. The van der Waals surface area contributed by atoms with Gasteiger partial charge in [0.15, 0.2) is 0 Å². The van der Waals surface area contributed by atoms with E-state index >= 15 is 0 Å². The molecule has 1 aliphatic rings. The SMILES string of the molecule is CSC1(CNCC(c2ccccc2)C(C)C)CC1. The van der Waals surface area contributed by atoms with Gasteiger partial charge in [0.25, 0.3) is 0 Å². The first-order valence-corrected chi connectivity index (χ1v) is 8.20. The molecule has 1 aromatic carbocycles. The van der Waals surface area contributed by atoms with E-state index in [2.05, 4.69) is 55.8 Å². The summed E-state index contributed by atoms with van der Waals surface area (Å²) in [5.74, 6) is 1.31. The van der Waals surface area contributed by atoms with Gasteiger partial charge in [-0.05, 0) is 36.5 Å². The molecule has 0 amide bonds. The summed E-state index contributed by atoms with van der Waals surface area (Å²) >= 11 is 2.03. The van der Waals surface area contributed by atoms with Crippen LogP contribution in [0.1, 0.15) is 38.2 Å². The van der Waals surface area contributed by atoms with Crippen molar-refractivity contribution < 1.29 is 0 Å². The lowest BCUT2D eigenvalue weighted by Crippen LogP contribution is -2.31. The Bertz CT molecular complexity index is 357. The van der Waals surface area contributed by atoms with Gasteiger partial charge in [0.2, 0.25) is 0 Å². The molecule has 2 rings (SSSR count). The van der Waals surface area contributed by atoms with E-state index in [0.717, 1.165) is 6.54 Å². The summed E-state index contributed by atoms with van der Waals surface area (Å²) in [6, 6.07) is 10.9. The molecular weight excluding hydrogens is 238 g/mol. The van der Waals surface area contributed by atoms with E-state index in [1.54, 1.807) is 0 Å². The van der Waals surface area contributed by atoms with Gasteiger partial charge in [-0.2, -0.15) is 11.8 Å². The number of benzene rings is 1. The van der Waals surface area contributed by atoms with E-state index in [1.807, 2.05) is 11.8 Å². The normalized spacial score (nSPS) is 18.9. The molecule has 0 radical (unpaired) electrons. The first kappa shape index (κ1) is 14.0. The Balaban J connectivity index is 1.87. The fraction of sp³-hybridized carbons (Fsp3) is 0.625. The molecule has 1 aromatic rings. The zero-order valence-electron chi connectivity index (χ0n) is 11.8. The van der Waals surface area contributed by atoms with Crippen LogP contribution in [0.5, 0.6) is 0 Å². The smallest absolute Gasteiger partial charge is 0.0282 e. The quantitative estimate of drug-likeness (QED) is 0.800. The van der Waals surface area contributed by atoms with E-state index in [1.165, 1.54) is 24.9 Å². The third kappa shape index (κ3) is 3.52. The molecule has 1 atom stereocenters. The van der Waals surface area contributed by atoms with Gasteiger partial charge in [-0.1, -0.05) is 44.2 Å². The molecular formula is C16H25NS. The zero-order valence-corrected chi connectivity index (χ0v) is 12.6. The fourth-order valence-corrected chi connectivity index (χ4v) is 3.24. The van der Waals surface area contributed by atoms with Crippen molar-refractivity contribution >= 4 is 11.8 Å². The van der Waals surface area contributed by atoms with Crippen LogP contribution in [-0.4, -0.2) is 24.1 Å². The van der Waals surface area contributed by atoms with E-state index in [-0.39, 0.29) is 0 Å². The summed E-state index contributed by atoms with van der Waals surface area (Å²) in [5.41, 5.74) is 1.47. The summed E-state index contributed by atoms with van der Waals surface area (Å²) in [4.78, 5) is 0. The highest BCUT2D eigenvalue weighted by Crippen LogP contribution is 2.46. The van der Waals surface area contributed by atoms with Crippen molar-refractivity contribution in [3.8, 4) is 0 Å². The third-order valence-corrected chi connectivity index (χ3v) is 5.50. The van der Waals surface area contributed by atoms with E-state index in [0.29, 0.717) is 16.6 Å². The molecule has 1 N–H and O–H groups in total. The maximum atomic E-state index is 3.70. The molecule has 0 aromatic heterocycles. The van der Waals surface area contributed by atoms with Crippen molar-refractivity contribution in [1.82, 2.24) is 5.32 Å². The number of nitrogens with one attached hydrogen (secondary N) is 1. The monoisotopic (exact) mass is 263 g/mol. The van der Waals surface area contributed by atoms with Gasteiger partial charge in [-0.15, -0.1) is 0 Å². The molecule has 1 fully saturated rings. The topological polar surface area (TPSA) is 12.0 Å². The second kappa shape index (κ2) is 6.12. The summed E-state index contributed by atoms with van der Waals surface area (Å²) < 4.78 is 0.568. The average Bonchev–Trinajstić information content (AvgIpc) is 3.16. The molecule has 0 bridgehead atoms. The van der Waals surface area contributed by atoms with E-state index in [9.17, 15) is 0 Å². The molecule has 1 saturated carbocycles. The maximum absolute atomic E-state index is 3.70. The molecule has 0 spiro atoms. The van der Waals surface area contributed by atoms with Crippen LogP contribution < -0.4 is 5.32 Å². The highest BCUT2D eigenvalue weighted by molar-refractivity contribution is 8.00. The standard InChI is InChI=1S/C16H25NS/c1-13(2)15(14-7-5-4-6-8-14)11-17-12-16(18-3)9-10-16/h4-8,13,15,17H,9-12H2,1-3H3. The predicted molar refractivity (Wildman–Crippen MR) is 82.4 cm³/mol. The van der Waals surface area contributed by atoms with Crippen molar-refractivity contribution in [2.24, 2.45) is 5.92 Å². The lowest BCUT2D eigenvalue weighted by atomic mass is 9.88. The Labute approximate surface area is 116 Å². The van der Waals surface area contributed by atoms with Gasteiger partial charge >= 0.3 is 0 Å². The highest BCUT2D eigenvalue weighted by Gasteiger charge is 2.41. The summed E-state index contributed by atoms with van der Waals surface area (Å²) in [6.45, 7) is 6.91. The van der Waals surface area contributed by atoms with Crippen LogP contribution in [0.3, 0.4) is 0 Å². The van der Waals surface area contributed by atoms with Crippen molar-refractivity contribution in [3.05, 3.63) is 35.9 Å². The Kier molecular flexibility index (Phi) is 4.74. The minimum absolute atomic E-state index is 0.568. The van der Waals surface area contributed by atoms with Crippen molar-refractivity contribution in [2.75, 3.05) is 19.3 Å². The van der Waals surface area contributed by atoms with Crippen LogP contribution in [0.25, 0.3) is 0 Å². The van der Waals surface area contributed by atoms with E-state index in [4.69, 9.17) is 0 Å². The Morgan fingerprint density at radius 1 is 1.22 bits per heavy atom. The van der Waals surface area contributed by atoms with Crippen LogP contribution in [0.4, 0.5) is 0 Å². The largest absolute Gasteiger partial charge is 0.315 e. The van der Waals surface area contributed by atoms with Gasteiger partial charge in [0.05, 0.1) is 0 Å². The van der Waals surface area contributed by atoms with Crippen LogP contribution in [0.2, 0.25) is 0 Å². The van der Waals surface area contributed by atoms with Crippen LogP contribution in [-0.2, 0) is 0 Å². The van der Waals surface area contributed by atoms with E-state index < -0.39 is 0 Å². The van der Waals surface area contributed by atoms with Gasteiger partial charge in [-0.3, -0.25) is 0 Å². The fourth-order valence-electron chi connectivity index (χ4n) is 2.49. The Morgan fingerprint density at radius 2 is 1.89 bits per heavy atom. The predicted octanol–water partition coefficient (Wildman–Crippen LogP) is 3.91. The Morgan fingerprint density at radius 3 is 2.39 bits per heavy atom. The molecule has 18 heavy (non-hydrogen) atoms. The second-order valence-corrected chi connectivity index (χ2v) is 7.05. The molecule has 1 aliphatic carbocycles. The van der Waals surface area contributed by atoms with Crippen molar-refractivity contribution in [2.45, 2.75) is 37.4 Å².